The number of nitrogens with zero attached hydrogens (tertiary/aromatic N) is 2. The second kappa shape index (κ2) is 6.63. The summed E-state index contributed by atoms with van der Waals surface area (Å²) in [6, 6.07) is 5.49. The Morgan fingerprint density at radius 2 is 2.20 bits per heavy atom. The highest BCUT2D eigenvalue weighted by Gasteiger charge is 2.13. The van der Waals surface area contributed by atoms with E-state index in [0.29, 0.717) is 36.1 Å². The Morgan fingerprint density at radius 1 is 1.40 bits per heavy atom. The minimum atomic E-state index is 0.371. The van der Waals surface area contributed by atoms with Gasteiger partial charge in [0.05, 0.1) is 12.8 Å². The van der Waals surface area contributed by atoms with Gasteiger partial charge in [-0.15, -0.1) is 0 Å². The van der Waals surface area contributed by atoms with Crippen molar-refractivity contribution in [3.05, 3.63) is 40.7 Å². The number of methoxy groups -OCH3 is 1. The van der Waals surface area contributed by atoms with Gasteiger partial charge in [-0.25, -0.2) is 0 Å². The van der Waals surface area contributed by atoms with Crippen molar-refractivity contribution in [3.63, 3.8) is 0 Å². The number of aryl methyl sites for hydroxylation is 1. The molecule has 20 heavy (non-hydrogen) atoms. The minimum absolute atomic E-state index is 0.371. The van der Waals surface area contributed by atoms with E-state index >= 15 is 0 Å². The van der Waals surface area contributed by atoms with Gasteiger partial charge in [-0.2, -0.15) is 5.10 Å². The van der Waals surface area contributed by atoms with E-state index in [9.17, 15) is 0 Å². The van der Waals surface area contributed by atoms with Crippen LogP contribution in [0.2, 0.25) is 5.02 Å². The summed E-state index contributed by atoms with van der Waals surface area (Å²) in [4.78, 5) is 0. The summed E-state index contributed by atoms with van der Waals surface area (Å²) in [5, 5.41) is 4.88. The third kappa shape index (κ3) is 3.43. The molecule has 0 amide bonds. The van der Waals surface area contributed by atoms with E-state index in [1.165, 1.54) is 0 Å². The Labute approximate surface area is 123 Å². The highest BCUT2D eigenvalue weighted by atomic mass is 35.5. The van der Waals surface area contributed by atoms with Gasteiger partial charge in [0.2, 0.25) is 0 Å². The molecule has 0 unspecified atom stereocenters. The maximum Gasteiger partial charge on any atom is 0.165 e. The molecule has 0 spiro atoms. The summed E-state index contributed by atoms with van der Waals surface area (Å²) in [5.74, 6) is 1.28. The van der Waals surface area contributed by atoms with E-state index < -0.39 is 0 Å². The fraction of sp³-hybridized carbons (Fsp3) is 0.357. The van der Waals surface area contributed by atoms with Crippen LogP contribution in [0.15, 0.2) is 24.4 Å². The summed E-state index contributed by atoms with van der Waals surface area (Å²) in [5.41, 5.74) is 7.41. The lowest BCUT2D eigenvalue weighted by Crippen LogP contribution is -2.07. The van der Waals surface area contributed by atoms with Crippen molar-refractivity contribution in [2.24, 2.45) is 12.8 Å². The molecule has 0 saturated carbocycles. The topological polar surface area (TPSA) is 62.3 Å². The molecule has 0 radical (unpaired) electrons. The summed E-state index contributed by atoms with van der Waals surface area (Å²) in [7, 11) is 3.46. The number of halogens is 1. The number of ether oxygens (including phenoxy) is 2. The van der Waals surface area contributed by atoms with E-state index in [1.807, 2.05) is 25.4 Å². The lowest BCUT2D eigenvalue weighted by Gasteiger charge is -2.15. The predicted octanol–water partition coefficient (Wildman–Crippen LogP) is 2.16. The molecule has 2 rings (SSSR count). The Kier molecular flexibility index (Phi) is 4.87. The van der Waals surface area contributed by atoms with Crippen LogP contribution in [0, 0.1) is 0 Å². The van der Waals surface area contributed by atoms with Crippen LogP contribution >= 0.6 is 11.6 Å². The Bertz CT molecular complexity index is 584. The maximum absolute atomic E-state index is 6.06. The largest absolute Gasteiger partial charge is 0.493 e. The molecule has 2 N–H and O–H groups in total. The first kappa shape index (κ1) is 14.7. The molecule has 0 saturated heterocycles. The first-order valence-corrected chi connectivity index (χ1v) is 6.69. The molecule has 1 heterocycles. The summed E-state index contributed by atoms with van der Waals surface area (Å²) in [6.45, 7) is 0.889. The quantitative estimate of drug-likeness (QED) is 0.887. The van der Waals surface area contributed by atoms with E-state index in [-0.39, 0.29) is 0 Å². The van der Waals surface area contributed by atoms with Gasteiger partial charge in [0.15, 0.2) is 11.5 Å². The van der Waals surface area contributed by atoms with Crippen molar-refractivity contribution < 1.29 is 9.47 Å². The number of aromatic nitrogens is 2. The minimum Gasteiger partial charge on any atom is -0.493 e. The molecule has 1 aromatic carbocycles. The zero-order chi connectivity index (χ0) is 14.5. The number of hydrogen-bond acceptors (Lipinski definition) is 4. The standard InChI is InChI=1S/C14H18ClN3O2/c1-18-6-4-12(17-18)9-20-14-10(3-5-16)7-11(15)8-13(14)19-2/h4,6-8H,3,5,9,16H2,1-2H3. The van der Waals surface area contributed by atoms with Gasteiger partial charge in [0.25, 0.3) is 0 Å². The molecule has 108 valence electrons. The fourth-order valence-corrected chi connectivity index (χ4v) is 2.20. The smallest absolute Gasteiger partial charge is 0.165 e. The molecular weight excluding hydrogens is 278 g/mol. The van der Waals surface area contributed by atoms with Crippen molar-refractivity contribution in [2.45, 2.75) is 13.0 Å². The monoisotopic (exact) mass is 295 g/mol. The molecule has 5 nitrogen and oxygen atoms in total. The molecule has 0 aliphatic carbocycles. The van der Waals surface area contributed by atoms with Crippen molar-refractivity contribution in [3.8, 4) is 11.5 Å². The Balaban J connectivity index is 2.23. The van der Waals surface area contributed by atoms with Crippen LogP contribution in [0.1, 0.15) is 11.3 Å². The van der Waals surface area contributed by atoms with E-state index in [4.69, 9.17) is 26.8 Å². The summed E-state index contributed by atoms with van der Waals surface area (Å²) >= 11 is 6.06. The molecular formula is C14H18ClN3O2. The van der Waals surface area contributed by atoms with Crippen LogP contribution in [-0.4, -0.2) is 23.4 Å². The predicted molar refractivity (Wildman–Crippen MR) is 78.3 cm³/mol. The molecule has 0 fully saturated rings. The number of rotatable bonds is 6. The molecule has 1 aromatic heterocycles. The summed E-state index contributed by atoms with van der Waals surface area (Å²) in [6.07, 6.45) is 2.55. The van der Waals surface area contributed by atoms with Crippen LogP contribution in [0.3, 0.4) is 0 Å². The normalized spacial score (nSPS) is 10.6. The van der Waals surface area contributed by atoms with Crippen LogP contribution in [0.25, 0.3) is 0 Å². The first-order chi connectivity index (χ1) is 9.63. The van der Waals surface area contributed by atoms with Crippen molar-refractivity contribution in [1.29, 1.82) is 0 Å². The zero-order valence-corrected chi connectivity index (χ0v) is 12.4. The Morgan fingerprint density at radius 3 is 2.80 bits per heavy atom. The average Bonchev–Trinajstić information content (AvgIpc) is 2.83. The van der Waals surface area contributed by atoms with E-state index in [2.05, 4.69) is 5.10 Å². The van der Waals surface area contributed by atoms with Gasteiger partial charge in [-0.1, -0.05) is 11.6 Å². The number of benzene rings is 1. The van der Waals surface area contributed by atoms with E-state index in [1.54, 1.807) is 17.9 Å². The van der Waals surface area contributed by atoms with Crippen molar-refractivity contribution in [1.82, 2.24) is 9.78 Å². The zero-order valence-electron chi connectivity index (χ0n) is 11.6. The van der Waals surface area contributed by atoms with Gasteiger partial charge in [0.1, 0.15) is 6.61 Å². The lowest BCUT2D eigenvalue weighted by atomic mass is 10.1. The SMILES string of the molecule is COc1cc(Cl)cc(CCN)c1OCc1ccn(C)n1. The third-order valence-corrected chi connectivity index (χ3v) is 3.08. The van der Waals surface area contributed by atoms with Gasteiger partial charge >= 0.3 is 0 Å². The Hall–Kier alpha value is -1.72. The summed E-state index contributed by atoms with van der Waals surface area (Å²) < 4.78 is 12.9. The van der Waals surface area contributed by atoms with Crippen molar-refractivity contribution in [2.75, 3.05) is 13.7 Å². The van der Waals surface area contributed by atoms with Crippen LogP contribution in [0.4, 0.5) is 0 Å². The molecule has 2 aromatic rings. The lowest BCUT2D eigenvalue weighted by molar-refractivity contribution is 0.277. The first-order valence-electron chi connectivity index (χ1n) is 6.32. The second-order valence-corrected chi connectivity index (χ2v) is 4.84. The van der Waals surface area contributed by atoms with Crippen LogP contribution in [0.5, 0.6) is 11.5 Å². The maximum atomic E-state index is 6.06. The van der Waals surface area contributed by atoms with Gasteiger partial charge < -0.3 is 15.2 Å². The second-order valence-electron chi connectivity index (χ2n) is 4.40. The molecule has 0 aliphatic heterocycles. The molecule has 0 bridgehead atoms. The van der Waals surface area contributed by atoms with Crippen LogP contribution in [-0.2, 0) is 20.1 Å². The molecule has 6 heteroatoms. The van der Waals surface area contributed by atoms with Gasteiger partial charge in [-0.05, 0) is 25.1 Å². The van der Waals surface area contributed by atoms with E-state index in [0.717, 1.165) is 11.3 Å². The average molecular weight is 296 g/mol. The number of hydrogen-bond donors (Lipinski definition) is 1. The van der Waals surface area contributed by atoms with Crippen LogP contribution < -0.4 is 15.2 Å². The van der Waals surface area contributed by atoms with Gasteiger partial charge in [0, 0.05) is 29.9 Å². The van der Waals surface area contributed by atoms with Gasteiger partial charge in [-0.3, -0.25) is 4.68 Å². The van der Waals surface area contributed by atoms with Crippen molar-refractivity contribution >= 4 is 11.6 Å². The fourth-order valence-electron chi connectivity index (χ4n) is 1.97. The number of nitrogens with two attached hydrogens (primary N) is 1. The third-order valence-electron chi connectivity index (χ3n) is 2.86. The highest BCUT2D eigenvalue weighted by molar-refractivity contribution is 6.30. The highest BCUT2D eigenvalue weighted by Crippen LogP contribution is 2.35. The molecule has 0 atom stereocenters. The molecule has 0 aliphatic rings.